The number of hydrogen-bond donors (Lipinski definition) is 5. The van der Waals surface area contributed by atoms with Crippen LogP contribution >= 0.6 is 0 Å². The number of halogens is 3. The van der Waals surface area contributed by atoms with Crippen LogP contribution in [0, 0.1) is 0 Å². The number of hydrogen-bond acceptors (Lipinski definition) is 5. The van der Waals surface area contributed by atoms with E-state index in [1.165, 1.54) is 6.42 Å². The second-order valence-corrected chi connectivity index (χ2v) is 8.15. The van der Waals surface area contributed by atoms with E-state index in [0.717, 1.165) is 65.2 Å². The molecule has 0 radical (unpaired) electrons. The molecule has 0 saturated carbocycles. The number of amides is 1. The van der Waals surface area contributed by atoms with Gasteiger partial charge in [0.2, 0.25) is 0 Å². The van der Waals surface area contributed by atoms with Crippen LogP contribution < -0.4 is 16.0 Å². The second kappa shape index (κ2) is 9.72. The van der Waals surface area contributed by atoms with Gasteiger partial charge in [0.25, 0.3) is 5.91 Å². The highest BCUT2D eigenvalue weighted by Gasteiger charge is 2.38. The summed E-state index contributed by atoms with van der Waals surface area (Å²) in [5, 5.41) is 18.1. The number of carboxylic acid groups (broad SMARTS) is 1. The quantitative estimate of drug-likeness (QED) is 0.397. The van der Waals surface area contributed by atoms with Gasteiger partial charge in [-0.15, -0.1) is 0 Å². The van der Waals surface area contributed by atoms with Crippen molar-refractivity contribution in [2.75, 3.05) is 25.0 Å². The standard InChI is InChI=1S/C21H23N5O.C2HF3O2/c27-21-16-11-18(25-17(16)8-10-23-21)15-5-1-3-13-6-7-19(26-20(13)15)24-14-4-2-9-22-12-14;3-2(4,5)1(6)7/h1,3,5-7,11,14,22,25H,2,4,8-10,12H2,(H,23,27)(H,24,26);(H,6,7). The number of fused-ring (bicyclic) bond motifs is 2. The molecule has 2 aliphatic rings. The first-order valence-electron chi connectivity index (χ1n) is 10.9. The highest BCUT2D eigenvalue weighted by molar-refractivity contribution is 6.00. The van der Waals surface area contributed by atoms with Crippen LogP contribution in [0.3, 0.4) is 0 Å². The summed E-state index contributed by atoms with van der Waals surface area (Å²) >= 11 is 0. The van der Waals surface area contributed by atoms with E-state index in [1.54, 1.807) is 0 Å². The molecular formula is C23H24F3N5O3. The minimum absolute atomic E-state index is 0.000833. The number of pyridine rings is 1. The number of carbonyl (C=O) groups excluding carboxylic acids is 1. The van der Waals surface area contributed by atoms with Crippen LogP contribution in [0.1, 0.15) is 28.9 Å². The fourth-order valence-corrected chi connectivity index (χ4v) is 4.07. The zero-order valence-corrected chi connectivity index (χ0v) is 18.1. The highest BCUT2D eigenvalue weighted by atomic mass is 19.4. The maximum atomic E-state index is 12.1. The van der Waals surface area contributed by atoms with Crippen molar-refractivity contribution in [1.29, 1.82) is 0 Å². The van der Waals surface area contributed by atoms with Crippen molar-refractivity contribution in [3.63, 3.8) is 0 Å². The Morgan fingerprint density at radius 1 is 1.15 bits per heavy atom. The molecule has 3 aromatic rings. The first-order valence-corrected chi connectivity index (χ1v) is 10.9. The van der Waals surface area contributed by atoms with Crippen molar-refractivity contribution in [2.45, 2.75) is 31.5 Å². The van der Waals surface area contributed by atoms with Gasteiger partial charge in [-0.1, -0.05) is 18.2 Å². The van der Waals surface area contributed by atoms with Gasteiger partial charge in [-0.3, -0.25) is 4.79 Å². The van der Waals surface area contributed by atoms with E-state index in [0.29, 0.717) is 12.6 Å². The summed E-state index contributed by atoms with van der Waals surface area (Å²) in [4.78, 5) is 29.4. The molecule has 11 heteroatoms. The number of H-pyrrole nitrogens is 1. The Balaban J connectivity index is 0.000000344. The average Bonchev–Trinajstić information content (AvgIpc) is 3.25. The average molecular weight is 475 g/mol. The minimum atomic E-state index is -5.08. The number of alkyl halides is 3. The Labute approximate surface area is 193 Å². The molecular weight excluding hydrogens is 451 g/mol. The number of aromatic amines is 1. The molecule has 1 saturated heterocycles. The number of nitrogens with zero attached hydrogens (tertiary/aromatic N) is 1. The Morgan fingerprint density at radius 3 is 2.62 bits per heavy atom. The number of carboxylic acids is 1. The van der Waals surface area contributed by atoms with Gasteiger partial charge in [-0.2, -0.15) is 13.2 Å². The van der Waals surface area contributed by atoms with Crippen LogP contribution in [-0.2, 0) is 11.2 Å². The monoisotopic (exact) mass is 475 g/mol. The van der Waals surface area contributed by atoms with E-state index in [2.05, 4.69) is 39.1 Å². The molecule has 8 nitrogen and oxygen atoms in total. The highest BCUT2D eigenvalue weighted by Crippen LogP contribution is 2.30. The molecule has 1 amide bonds. The SMILES string of the molecule is O=C(O)C(F)(F)F.O=C1NCCc2[nH]c(-c3cccc4ccc(NC5CCCNC5)nc34)cc21. The van der Waals surface area contributed by atoms with E-state index < -0.39 is 12.1 Å². The second-order valence-electron chi connectivity index (χ2n) is 8.15. The predicted octanol–water partition coefficient (Wildman–Crippen LogP) is 3.31. The summed E-state index contributed by atoms with van der Waals surface area (Å²) in [6.07, 6.45) is -1.90. The molecule has 2 aromatic heterocycles. The first kappa shape index (κ1) is 23.6. The van der Waals surface area contributed by atoms with Crippen molar-refractivity contribution >= 4 is 28.6 Å². The van der Waals surface area contributed by atoms with Gasteiger partial charge in [-0.25, -0.2) is 9.78 Å². The molecule has 1 fully saturated rings. The summed E-state index contributed by atoms with van der Waals surface area (Å²) in [5.41, 5.74) is 4.68. The van der Waals surface area contributed by atoms with Crippen LogP contribution in [0.5, 0.6) is 0 Å². The van der Waals surface area contributed by atoms with E-state index in [4.69, 9.17) is 14.9 Å². The Bertz CT molecular complexity index is 1200. The van der Waals surface area contributed by atoms with Gasteiger partial charge < -0.3 is 26.0 Å². The van der Waals surface area contributed by atoms with Crippen molar-refractivity contribution in [3.8, 4) is 11.3 Å². The number of carbonyl (C=O) groups is 2. The minimum Gasteiger partial charge on any atom is -0.475 e. The third kappa shape index (κ3) is 5.30. The number of aromatic nitrogens is 2. The van der Waals surface area contributed by atoms with Crippen molar-refractivity contribution in [1.82, 2.24) is 20.6 Å². The van der Waals surface area contributed by atoms with Crippen molar-refractivity contribution in [2.24, 2.45) is 0 Å². The van der Waals surface area contributed by atoms with Gasteiger partial charge in [0, 0.05) is 47.9 Å². The summed E-state index contributed by atoms with van der Waals surface area (Å²) in [6.45, 7) is 2.75. The molecule has 1 aromatic carbocycles. The lowest BCUT2D eigenvalue weighted by atomic mass is 10.1. The number of benzene rings is 1. The molecule has 5 N–H and O–H groups in total. The summed E-state index contributed by atoms with van der Waals surface area (Å²) in [5.74, 6) is -1.86. The van der Waals surface area contributed by atoms with Crippen LogP contribution in [0.2, 0.25) is 0 Å². The zero-order valence-electron chi connectivity index (χ0n) is 18.1. The normalized spacial score (nSPS) is 17.9. The van der Waals surface area contributed by atoms with Gasteiger partial charge in [-0.05, 0) is 37.6 Å². The molecule has 0 bridgehead atoms. The number of rotatable bonds is 3. The maximum absolute atomic E-state index is 12.1. The number of aliphatic carboxylic acids is 1. The van der Waals surface area contributed by atoms with Crippen LogP contribution in [0.25, 0.3) is 22.2 Å². The predicted molar refractivity (Wildman–Crippen MR) is 121 cm³/mol. The molecule has 0 spiro atoms. The van der Waals surface area contributed by atoms with Gasteiger partial charge >= 0.3 is 12.1 Å². The van der Waals surface area contributed by atoms with Crippen molar-refractivity contribution in [3.05, 3.63) is 47.7 Å². The third-order valence-corrected chi connectivity index (χ3v) is 5.71. The van der Waals surface area contributed by atoms with Crippen molar-refractivity contribution < 1.29 is 27.9 Å². The first-order chi connectivity index (χ1) is 16.2. The van der Waals surface area contributed by atoms with Gasteiger partial charge in [0.1, 0.15) is 5.82 Å². The molecule has 2 aliphatic heterocycles. The largest absolute Gasteiger partial charge is 0.490 e. The van der Waals surface area contributed by atoms with Gasteiger partial charge in [0.05, 0.1) is 11.1 Å². The number of para-hydroxylation sites is 1. The molecule has 180 valence electrons. The zero-order chi connectivity index (χ0) is 24.3. The van der Waals surface area contributed by atoms with Crippen LogP contribution in [-0.4, -0.2) is 58.8 Å². The van der Waals surface area contributed by atoms with E-state index in [1.807, 2.05) is 18.2 Å². The third-order valence-electron chi connectivity index (χ3n) is 5.71. The molecule has 4 heterocycles. The van der Waals surface area contributed by atoms with E-state index >= 15 is 0 Å². The summed E-state index contributed by atoms with van der Waals surface area (Å²) in [7, 11) is 0. The van der Waals surface area contributed by atoms with E-state index in [-0.39, 0.29) is 5.91 Å². The lowest BCUT2D eigenvalue weighted by molar-refractivity contribution is -0.192. The maximum Gasteiger partial charge on any atom is 0.490 e. The number of piperidine rings is 1. The summed E-state index contributed by atoms with van der Waals surface area (Å²) in [6, 6.07) is 12.7. The lowest BCUT2D eigenvalue weighted by Crippen LogP contribution is -2.38. The van der Waals surface area contributed by atoms with Crippen LogP contribution in [0.4, 0.5) is 19.0 Å². The molecule has 5 rings (SSSR count). The smallest absolute Gasteiger partial charge is 0.475 e. The molecule has 1 atom stereocenters. The topological polar surface area (TPSA) is 119 Å². The summed E-state index contributed by atoms with van der Waals surface area (Å²) < 4.78 is 31.7. The fourth-order valence-electron chi connectivity index (χ4n) is 4.07. The Hall–Kier alpha value is -3.60. The molecule has 34 heavy (non-hydrogen) atoms. The molecule has 1 unspecified atom stereocenters. The van der Waals surface area contributed by atoms with E-state index in [9.17, 15) is 18.0 Å². The van der Waals surface area contributed by atoms with Gasteiger partial charge in [0.15, 0.2) is 0 Å². The van der Waals surface area contributed by atoms with Crippen LogP contribution in [0.15, 0.2) is 36.4 Å². The Kier molecular flexibility index (Phi) is 6.73. The fraction of sp³-hybridized carbons (Fsp3) is 0.348. The number of anilines is 1. The number of nitrogens with one attached hydrogen (secondary N) is 4. The lowest BCUT2D eigenvalue weighted by Gasteiger charge is -2.24. The Morgan fingerprint density at radius 2 is 1.94 bits per heavy atom. The molecule has 0 aliphatic carbocycles.